The third-order valence-electron chi connectivity index (χ3n) is 3.83. The van der Waals surface area contributed by atoms with Crippen molar-refractivity contribution >= 4 is 17.5 Å². The Hall–Kier alpha value is -2.96. The molecule has 2 aromatic carbocycles. The highest BCUT2D eigenvalue weighted by atomic mass is 19.2. The van der Waals surface area contributed by atoms with Crippen molar-refractivity contribution in [3.8, 4) is 5.75 Å². The number of halogens is 2. The Morgan fingerprint density at radius 3 is 2.50 bits per heavy atom. The first-order valence-electron chi connectivity index (χ1n) is 8.03. The number of amides is 2. The maximum absolute atomic E-state index is 13.2. The van der Waals surface area contributed by atoms with Crippen LogP contribution in [0.2, 0.25) is 0 Å². The van der Waals surface area contributed by atoms with E-state index < -0.39 is 17.5 Å². The first-order valence-corrected chi connectivity index (χ1v) is 8.03. The van der Waals surface area contributed by atoms with E-state index in [2.05, 4.69) is 5.32 Å². The molecule has 7 heteroatoms. The monoisotopic (exact) mass is 362 g/mol. The van der Waals surface area contributed by atoms with Gasteiger partial charge in [-0.05, 0) is 30.2 Å². The molecular weight excluding hydrogens is 342 g/mol. The van der Waals surface area contributed by atoms with Crippen molar-refractivity contribution in [3.05, 3.63) is 59.7 Å². The summed E-state index contributed by atoms with van der Waals surface area (Å²) in [6.45, 7) is 1.50. The Labute approximate surface area is 150 Å². The second kappa shape index (κ2) is 8.94. The Morgan fingerprint density at radius 2 is 1.85 bits per heavy atom. The Kier molecular flexibility index (Phi) is 6.66. The number of benzene rings is 2. The van der Waals surface area contributed by atoms with Crippen LogP contribution in [0.5, 0.6) is 5.75 Å². The van der Waals surface area contributed by atoms with Crippen molar-refractivity contribution in [2.45, 2.75) is 13.3 Å². The average molecular weight is 362 g/mol. The molecule has 0 heterocycles. The number of hydrogen-bond donors (Lipinski definition) is 1. The Morgan fingerprint density at radius 1 is 1.12 bits per heavy atom. The molecular formula is C19H20F2N2O3. The molecule has 0 saturated heterocycles. The fourth-order valence-corrected chi connectivity index (χ4v) is 2.46. The molecule has 0 radical (unpaired) electrons. The van der Waals surface area contributed by atoms with Gasteiger partial charge in [-0.15, -0.1) is 0 Å². The summed E-state index contributed by atoms with van der Waals surface area (Å²) in [5.74, 6) is -2.10. The molecule has 0 aliphatic rings. The predicted octanol–water partition coefficient (Wildman–Crippen LogP) is 3.00. The normalized spacial score (nSPS) is 10.3. The topological polar surface area (TPSA) is 58.6 Å². The summed E-state index contributed by atoms with van der Waals surface area (Å²) < 4.78 is 31.4. The van der Waals surface area contributed by atoms with Crippen LogP contribution in [0.25, 0.3) is 0 Å². The highest BCUT2D eigenvalue weighted by molar-refractivity contribution is 5.94. The Balaban J connectivity index is 1.97. The number of hydrogen-bond acceptors (Lipinski definition) is 3. The summed E-state index contributed by atoms with van der Waals surface area (Å²) in [4.78, 5) is 25.3. The highest BCUT2D eigenvalue weighted by Gasteiger charge is 2.15. The second-order valence-electron chi connectivity index (χ2n) is 5.68. The van der Waals surface area contributed by atoms with E-state index in [9.17, 15) is 18.4 Å². The lowest BCUT2D eigenvalue weighted by atomic mass is 10.1. The van der Waals surface area contributed by atoms with E-state index >= 15 is 0 Å². The molecule has 0 unspecified atom stereocenters. The standard InChI is InChI=1S/C19H20F2N2O3/c1-13(24)23(10-9-14-5-3-4-6-18(14)26-2)12-19(25)22-15-7-8-16(20)17(21)11-15/h3-8,11H,9-10,12H2,1-2H3,(H,22,25). The van der Waals surface area contributed by atoms with Gasteiger partial charge in [-0.2, -0.15) is 0 Å². The molecule has 0 aliphatic heterocycles. The number of nitrogens with zero attached hydrogens (tertiary/aromatic N) is 1. The van der Waals surface area contributed by atoms with E-state index in [-0.39, 0.29) is 18.1 Å². The van der Waals surface area contributed by atoms with Gasteiger partial charge in [-0.3, -0.25) is 9.59 Å². The maximum atomic E-state index is 13.2. The van der Waals surface area contributed by atoms with Crippen molar-refractivity contribution in [3.63, 3.8) is 0 Å². The zero-order valence-electron chi connectivity index (χ0n) is 14.6. The van der Waals surface area contributed by atoms with Crippen LogP contribution in [0.15, 0.2) is 42.5 Å². The highest BCUT2D eigenvalue weighted by Crippen LogP contribution is 2.18. The van der Waals surface area contributed by atoms with Gasteiger partial charge < -0.3 is 15.0 Å². The molecule has 1 N–H and O–H groups in total. The van der Waals surface area contributed by atoms with Crippen molar-refractivity contribution in [1.82, 2.24) is 4.90 Å². The van der Waals surface area contributed by atoms with Gasteiger partial charge in [0.2, 0.25) is 11.8 Å². The summed E-state index contributed by atoms with van der Waals surface area (Å²) in [5.41, 5.74) is 1.05. The first kappa shape index (κ1) is 19.4. The maximum Gasteiger partial charge on any atom is 0.243 e. The number of methoxy groups -OCH3 is 1. The summed E-state index contributed by atoms with van der Waals surface area (Å²) in [7, 11) is 1.57. The zero-order chi connectivity index (χ0) is 19.1. The van der Waals surface area contributed by atoms with Crippen molar-refractivity contribution < 1.29 is 23.1 Å². The van der Waals surface area contributed by atoms with E-state index in [1.165, 1.54) is 17.9 Å². The van der Waals surface area contributed by atoms with Crippen LogP contribution < -0.4 is 10.1 Å². The van der Waals surface area contributed by atoms with Gasteiger partial charge in [-0.1, -0.05) is 18.2 Å². The number of rotatable bonds is 7. The van der Waals surface area contributed by atoms with Crippen molar-refractivity contribution in [2.75, 3.05) is 25.5 Å². The number of anilines is 1. The summed E-state index contributed by atoms with van der Waals surface area (Å²) in [6, 6.07) is 10.5. The molecule has 0 bridgehead atoms. The second-order valence-corrected chi connectivity index (χ2v) is 5.68. The molecule has 0 fully saturated rings. The van der Waals surface area contributed by atoms with Gasteiger partial charge in [0.15, 0.2) is 11.6 Å². The van der Waals surface area contributed by atoms with Crippen molar-refractivity contribution in [1.29, 1.82) is 0 Å². The van der Waals surface area contributed by atoms with Crippen LogP contribution in [0.1, 0.15) is 12.5 Å². The van der Waals surface area contributed by atoms with Gasteiger partial charge in [-0.25, -0.2) is 8.78 Å². The minimum atomic E-state index is -1.05. The minimum Gasteiger partial charge on any atom is -0.496 e. The number of ether oxygens (including phenoxy) is 1. The molecule has 5 nitrogen and oxygen atoms in total. The van der Waals surface area contributed by atoms with Crippen LogP contribution >= 0.6 is 0 Å². The largest absolute Gasteiger partial charge is 0.496 e. The van der Waals surface area contributed by atoms with Gasteiger partial charge in [0, 0.05) is 25.2 Å². The molecule has 0 spiro atoms. The van der Waals surface area contributed by atoms with Crippen molar-refractivity contribution in [2.24, 2.45) is 0 Å². The molecule has 0 saturated carbocycles. The number of carbonyl (C=O) groups excluding carboxylic acids is 2. The van der Waals surface area contributed by atoms with Crippen LogP contribution in [-0.2, 0) is 16.0 Å². The summed E-state index contributed by atoms with van der Waals surface area (Å²) >= 11 is 0. The van der Waals surface area contributed by atoms with E-state index in [4.69, 9.17) is 4.74 Å². The molecule has 0 aliphatic carbocycles. The van der Waals surface area contributed by atoms with E-state index in [1.807, 2.05) is 24.3 Å². The first-order chi connectivity index (χ1) is 12.4. The van der Waals surface area contributed by atoms with E-state index in [0.29, 0.717) is 18.7 Å². The van der Waals surface area contributed by atoms with Gasteiger partial charge in [0.25, 0.3) is 0 Å². The number of nitrogens with one attached hydrogen (secondary N) is 1. The van der Waals surface area contributed by atoms with Gasteiger partial charge in [0.1, 0.15) is 5.75 Å². The fourth-order valence-electron chi connectivity index (χ4n) is 2.46. The molecule has 0 aromatic heterocycles. The number of carbonyl (C=O) groups is 2. The third kappa shape index (κ3) is 5.27. The minimum absolute atomic E-state index is 0.127. The third-order valence-corrected chi connectivity index (χ3v) is 3.83. The van der Waals surface area contributed by atoms with Gasteiger partial charge >= 0.3 is 0 Å². The fraction of sp³-hybridized carbons (Fsp3) is 0.263. The van der Waals surface area contributed by atoms with Crippen LogP contribution in [0, 0.1) is 11.6 Å². The zero-order valence-corrected chi connectivity index (χ0v) is 14.6. The molecule has 2 aromatic rings. The van der Waals surface area contributed by atoms with Crippen LogP contribution in [-0.4, -0.2) is 36.9 Å². The predicted molar refractivity (Wildman–Crippen MR) is 93.9 cm³/mol. The lowest BCUT2D eigenvalue weighted by Crippen LogP contribution is -2.38. The lowest BCUT2D eigenvalue weighted by Gasteiger charge is -2.21. The smallest absolute Gasteiger partial charge is 0.243 e. The van der Waals surface area contributed by atoms with Crippen LogP contribution in [0.3, 0.4) is 0 Å². The summed E-state index contributed by atoms with van der Waals surface area (Å²) in [5, 5.41) is 2.45. The van der Waals surface area contributed by atoms with Crippen LogP contribution in [0.4, 0.5) is 14.5 Å². The van der Waals surface area contributed by atoms with E-state index in [0.717, 1.165) is 17.7 Å². The van der Waals surface area contributed by atoms with Gasteiger partial charge in [0.05, 0.1) is 13.7 Å². The summed E-state index contributed by atoms with van der Waals surface area (Å²) in [6.07, 6.45) is 0.516. The van der Waals surface area contributed by atoms with E-state index in [1.54, 1.807) is 7.11 Å². The molecule has 2 rings (SSSR count). The average Bonchev–Trinajstić information content (AvgIpc) is 2.61. The SMILES string of the molecule is COc1ccccc1CCN(CC(=O)Nc1ccc(F)c(F)c1)C(C)=O. The Bertz CT molecular complexity index is 796. The molecule has 0 atom stereocenters. The quantitative estimate of drug-likeness (QED) is 0.824. The molecule has 138 valence electrons. The molecule has 26 heavy (non-hydrogen) atoms. The lowest BCUT2D eigenvalue weighted by molar-refractivity contribution is -0.132. The molecule has 2 amide bonds. The number of para-hydroxylation sites is 1.